The zero-order valence-electron chi connectivity index (χ0n) is 13.9. The molecule has 1 saturated heterocycles. The number of rotatable bonds is 3. The van der Waals surface area contributed by atoms with E-state index in [-0.39, 0.29) is 17.9 Å². The lowest BCUT2D eigenvalue weighted by Crippen LogP contribution is -2.33. The number of halogens is 3. The molecule has 0 saturated carbocycles. The third-order valence-electron chi connectivity index (χ3n) is 4.53. The van der Waals surface area contributed by atoms with E-state index in [0.29, 0.717) is 5.56 Å². The van der Waals surface area contributed by atoms with Crippen LogP contribution in [-0.2, 0) is 16.2 Å². The maximum absolute atomic E-state index is 12.9. The molecule has 1 aliphatic rings. The van der Waals surface area contributed by atoms with Crippen molar-refractivity contribution in [3.8, 4) is 0 Å². The second-order valence-electron chi connectivity index (χ2n) is 6.35. The van der Waals surface area contributed by atoms with Crippen molar-refractivity contribution in [3.63, 3.8) is 0 Å². The number of aryl methyl sites for hydroxylation is 1. The molecule has 0 amide bonds. The molecule has 1 N–H and O–H groups in total. The van der Waals surface area contributed by atoms with Gasteiger partial charge in [0.25, 0.3) is 0 Å². The third-order valence-corrected chi connectivity index (χ3v) is 6.42. The van der Waals surface area contributed by atoms with Gasteiger partial charge in [0.2, 0.25) is 10.0 Å². The van der Waals surface area contributed by atoms with E-state index in [0.717, 1.165) is 22.0 Å². The van der Waals surface area contributed by atoms with Crippen LogP contribution >= 0.6 is 0 Å². The van der Waals surface area contributed by atoms with E-state index in [1.165, 1.54) is 24.3 Å². The van der Waals surface area contributed by atoms with Crippen LogP contribution in [0.25, 0.3) is 0 Å². The van der Waals surface area contributed by atoms with E-state index >= 15 is 0 Å². The van der Waals surface area contributed by atoms with Crippen LogP contribution in [0, 0.1) is 6.92 Å². The minimum Gasteiger partial charge on any atom is -0.391 e. The van der Waals surface area contributed by atoms with Crippen LogP contribution in [0.3, 0.4) is 0 Å². The largest absolute Gasteiger partial charge is 0.416 e. The van der Waals surface area contributed by atoms with Gasteiger partial charge in [-0.1, -0.05) is 29.8 Å². The smallest absolute Gasteiger partial charge is 0.391 e. The Morgan fingerprint density at radius 1 is 1.04 bits per heavy atom. The minimum absolute atomic E-state index is 0.0918. The Bertz CT molecular complexity index is 877. The predicted octanol–water partition coefficient (Wildman–Crippen LogP) is 3.51. The van der Waals surface area contributed by atoms with Crippen molar-refractivity contribution >= 4 is 10.0 Å². The summed E-state index contributed by atoms with van der Waals surface area (Å²) < 4.78 is 65.2. The number of alkyl halides is 3. The van der Waals surface area contributed by atoms with Gasteiger partial charge in [-0.3, -0.25) is 0 Å². The normalized spacial score (nSPS) is 21.9. The minimum atomic E-state index is -4.47. The zero-order valence-corrected chi connectivity index (χ0v) is 14.8. The van der Waals surface area contributed by atoms with E-state index in [9.17, 15) is 26.7 Å². The summed E-state index contributed by atoms with van der Waals surface area (Å²) >= 11 is 0. The summed E-state index contributed by atoms with van der Waals surface area (Å²) in [6.07, 6.45) is -5.23. The first-order chi connectivity index (χ1) is 12.1. The predicted molar refractivity (Wildman–Crippen MR) is 89.9 cm³/mol. The Hall–Kier alpha value is -1.90. The van der Waals surface area contributed by atoms with Crippen molar-refractivity contribution in [1.29, 1.82) is 0 Å². The summed E-state index contributed by atoms with van der Waals surface area (Å²) in [5.41, 5.74) is 0.421. The topological polar surface area (TPSA) is 57.6 Å². The van der Waals surface area contributed by atoms with Crippen LogP contribution < -0.4 is 0 Å². The molecule has 26 heavy (non-hydrogen) atoms. The number of aliphatic hydroxyl groups is 1. The Morgan fingerprint density at radius 3 is 2.15 bits per heavy atom. The molecule has 2 aromatic rings. The van der Waals surface area contributed by atoms with Gasteiger partial charge >= 0.3 is 6.18 Å². The van der Waals surface area contributed by atoms with Gasteiger partial charge in [0.05, 0.1) is 22.6 Å². The molecular formula is C18H18F3NO3S. The van der Waals surface area contributed by atoms with Gasteiger partial charge < -0.3 is 5.11 Å². The van der Waals surface area contributed by atoms with Gasteiger partial charge in [-0.15, -0.1) is 0 Å². The van der Waals surface area contributed by atoms with E-state index in [1.54, 1.807) is 12.1 Å². The lowest BCUT2D eigenvalue weighted by molar-refractivity contribution is -0.137. The highest BCUT2D eigenvalue weighted by atomic mass is 32.2. The summed E-state index contributed by atoms with van der Waals surface area (Å²) in [6, 6.07) is 9.65. The molecule has 3 rings (SSSR count). The molecule has 2 atom stereocenters. The average Bonchev–Trinajstić information content (AvgIpc) is 2.97. The molecular weight excluding hydrogens is 367 g/mol. The molecule has 0 bridgehead atoms. The first-order valence-electron chi connectivity index (χ1n) is 8.04. The van der Waals surface area contributed by atoms with Gasteiger partial charge in [0.15, 0.2) is 0 Å². The highest BCUT2D eigenvalue weighted by Crippen LogP contribution is 2.38. The maximum atomic E-state index is 12.9. The fourth-order valence-electron chi connectivity index (χ4n) is 3.12. The highest BCUT2D eigenvalue weighted by molar-refractivity contribution is 7.89. The van der Waals surface area contributed by atoms with Gasteiger partial charge in [-0.25, -0.2) is 8.42 Å². The van der Waals surface area contributed by atoms with Crippen molar-refractivity contribution in [2.45, 2.75) is 36.6 Å². The Morgan fingerprint density at radius 2 is 1.62 bits per heavy atom. The fourth-order valence-corrected chi connectivity index (χ4v) is 4.78. The molecule has 140 valence electrons. The number of aliphatic hydroxyl groups excluding tert-OH is 1. The van der Waals surface area contributed by atoms with Crippen LogP contribution in [0.1, 0.15) is 29.2 Å². The van der Waals surface area contributed by atoms with Crippen LogP contribution in [0.2, 0.25) is 0 Å². The van der Waals surface area contributed by atoms with Crippen molar-refractivity contribution in [2.24, 2.45) is 0 Å². The molecule has 1 heterocycles. The van der Waals surface area contributed by atoms with E-state index in [2.05, 4.69) is 0 Å². The molecule has 0 aromatic heterocycles. The molecule has 4 nitrogen and oxygen atoms in total. The van der Waals surface area contributed by atoms with Crippen molar-refractivity contribution in [1.82, 2.24) is 4.31 Å². The number of benzene rings is 2. The van der Waals surface area contributed by atoms with Crippen LogP contribution in [0.4, 0.5) is 13.2 Å². The van der Waals surface area contributed by atoms with Crippen molar-refractivity contribution in [3.05, 3.63) is 65.2 Å². The van der Waals surface area contributed by atoms with Gasteiger partial charge in [0.1, 0.15) is 0 Å². The maximum Gasteiger partial charge on any atom is 0.416 e. The quantitative estimate of drug-likeness (QED) is 0.880. The van der Waals surface area contributed by atoms with E-state index in [4.69, 9.17) is 0 Å². The zero-order chi connectivity index (χ0) is 19.1. The summed E-state index contributed by atoms with van der Waals surface area (Å²) in [6.45, 7) is 1.93. The van der Waals surface area contributed by atoms with Crippen molar-refractivity contribution < 1.29 is 26.7 Å². The lowest BCUT2D eigenvalue weighted by atomic mass is 10.0. The SMILES string of the molecule is Cc1ccc(S(=O)(=O)N2CC[C@H](O)[C@H]2c2ccc(C(F)(F)F)cc2)cc1. The van der Waals surface area contributed by atoms with Crippen LogP contribution in [0.5, 0.6) is 0 Å². The summed E-state index contributed by atoms with van der Waals surface area (Å²) in [5.74, 6) is 0. The Kier molecular flexibility index (Phi) is 4.85. The standard InChI is InChI=1S/C18H18F3NO3S/c1-12-2-8-15(9-3-12)26(24,25)22-11-10-16(23)17(22)13-4-6-14(7-5-13)18(19,20)21/h2-9,16-17,23H,10-11H2,1H3/t16-,17+/m0/s1. The number of nitrogens with zero attached hydrogens (tertiary/aromatic N) is 1. The second kappa shape index (κ2) is 6.68. The fraction of sp³-hybridized carbons (Fsp3) is 0.333. The molecule has 0 spiro atoms. The summed E-state index contributed by atoms with van der Waals surface area (Å²) in [4.78, 5) is 0.0918. The summed E-state index contributed by atoms with van der Waals surface area (Å²) in [7, 11) is -3.87. The molecule has 1 aliphatic heterocycles. The number of hydrogen-bond acceptors (Lipinski definition) is 3. The number of hydrogen-bond donors (Lipinski definition) is 1. The van der Waals surface area contributed by atoms with Crippen LogP contribution in [-0.4, -0.2) is 30.5 Å². The van der Waals surface area contributed by atoms with Crippen molar-refractivity contribution in [2.75, 3.05) is 6.54 Å². The lowest BCUT2D eigenvalue weighted by Gasteiger charge is -2.26. The van der Waals surface area contributed by atoms with Gasteiger partial charge in [-0.05, 0) is 43.2 Å². The molecule has 0 aliphatic carbocycles. The Balaban J connectivity index is 1.96. The first-order valence-corrected chi connectivity index (χ1v) is 9.48. The third kappa shape index (κ3) is 3.49. The van der Waals surface area contributed by atoms with Gasteiger partial charge in [0, 0.05) is 6.54 Å². The molecule has 0 unspecified atom stereocenters. The van der Waals surface area contributed by atoms with Gasteiger partial charge in [-0.2, -0.15) is 17.5 Å². The summed E-state index contributed by atoms with van der Waals surface area (Å²) in [5, 5.41) is 10.3. The van der Waals surface area contributed by atoms with Crippen LogP contribution in [0.15, 0.2) is 53.4 Å². The molecule has 0 radical (unpaired) electrons. The molecule has 1 fully saturated rings. The van der Waals surface area contributed by atoms with E-state index < -0.39 is 33.9 Å². The molecule has 8 heteroatoms. The Labute approximate surface area is 149 Å². The number of sulfonamides is 1. The monoisotopic (exact) mass is 385 g/mol. The second-order valence-corrected chi connectivity index (χ2v) is 8.24. The molecule has 2 aromatic carbocycles. The van der Waals surface area contributed by atoms with E-state index in [1.807, 2.05) is 6.92 Å². The highest BCUT2D eigenvalue weighted by Gasteiger charge is 2.42. The first kappa shape index (κ1) is 18.9. The average molecular weight is 385 g/mol.